The molecular weight excluding hydrogens is 583 g/mol. The Bertz CT molecular complexity index is 1540. The maximum atomic E-state index is 13.0. The summed E-state index contributed by atoms with van der Waals surface area (Å²) in [4.78, 5) is 35.8. The van der Waals surface area contributed by atoms with Crippen molar-refractivity contribution >= 4 is 17.9 Å². The maximum Gasteiger partial charge on any atom is 1.00 e. The largest absolute Gasteiger partial charge is 1.00 e. The van der Waals surface area contributed by atoms with Gasteiger partial charge in [-0.15, -0.1) is 0 Å². The van der Waals surface area contributed by atoms with E-state index in [0.29, 0.717) is 40.7 Å². The van der Waals surface area contributed by atoms with Gasteiger partial charge in [-0.05, 0) is 59.9 Å². The fourth-order valence-electron chi connectivity index (χ4n) is 5.74. The van der Waals surface area contributed by atoms with Gasteiger partial charge in [0.2, 0.25) is 6.79 Å². The standard InChI is InChI=1S/C32H32O11.Na/c1-4-11-39-23-7-8-24-20(12-23)13-26(31(35)36)32(24,21-5-10-27-29(14-21)42-18-41-27)25-9-6-22(37-3)15-28(25)40-17-38-16-30(34)43-19(2)33;/h5-10,12,14-15,26H,4,11,13,16-18H2,1-3H3,(H,35,36);/q;+1/p-1. The predicted octanol–water partition coefficient (Wildman–Crippen LogP) is -0.0841. The quantitative estimate of drug-likeness (QED) is 0.0890. The fourth-order valence-corrected chi connectivity index (χ4v) is 5.74. The van der Waals surface area contributed by atoms with E-state index in [0.717, 1.165) is 24.5 Å². The van der Waals surface area contributed by atoms with Crippen LogP contribution in [0.5, 0.6) is 28.7 Å². The molecular formula is C32H31NaO11. The van der Waals surface area contributed by atoms with E-state index in [2.05, 4.69) is 4.74 Å². The van der Waals surface area contributed by atoms with Crippen molar-refractivity contribution in [2.45, 2.75) is 32.1 Å². The molecule has 1 aliphatic carbocycles. The van der Waals surface area contributed by atoms with Gasteiger partial charge in [-0.1, -0.05) is 25.1 Å². The summed E-state index contributed by atoms with van der Waals surface area (Å²) in [5.74, 6) is -1.59. The molecule has 226 valence electrons. The van der Waals surface area contributed by atoms with E-state index in [1.807, 2.05) is 31.2 Å². The van der Waals surface area contributed by atoms with E-state index in [4.69, 9.17) is 28.4 Å². The van der Waals surface area contributed by atoms with Crippen LogP contribution in [0, 0.1) is 5.92 Å². The van der Waals surface area contributed by atoms with Crippen molar-refractivity contribution < 1.29 is 82.2 Å². The van der Waals surface area contributed by atoms with E-state index in [1.165, 1.54) is 7.11 Å². The minimum absolute atomic E-state index is 0. The van der Waals surface area contributed by atoms with Crippen molar-refractivity contribution in [1.82, 2.24) is 0 Å². The first-order valence-electron chi connectivity index (χ1n) is 13.7. The summed E-state index contributed by atoms with van der Waals surface area (Å²) in [5, 5.41) is 13.0. The third-order valence-electron chi connectivity index (χ3n) is 7.42. The van der Waals surface area contributed by atoms with Crippen molar-refractivity contribution in [1.29, 1.82) is 0 Å². The van der Waals surface area contributed by atoms with E-state index >= 15 is 0 Å². The molecule has 12 heteroatoms. The number of benzene rings is 3. The van der Waals surface area contributed by atoms with Crippen molar-refractivity contribution in [3.8, 4) is 28.7 Å². The molecule has 5 rings (SSSR count). The van der Waals surface area contributed by atoms with Gasteiger partial charge in [0.05, 0.1) is 19.1 Å². The van der Waals surface area contributed by atoms with E-state index in [-0.39, 0.29) is 48.5 Å². The molecule has 0 saturated heterocycles. The van der Waals surface area contributed by atoms with Crippen LogP contribution in [0.2, 0.25) is 0 Å². The summed E-state index contributed by atoms with van der Waals surface area (Å²) in [6.45, 7) is 2.75. The molecule has 1 heterocycles. The number of hydrogen-bond acceptors (Lipinski definition) is 11. The van der Waals surface area contributed by atoms with Crippen LogP contribution < -0.4 is 58.3 Å². The predicted molar refractivity (Wildman–Crippen MR) is 148 cm³/mol. The van der Waals surface area contributed by atoms with E-state index in [9.17, 15) is 19.5 Å². The van der Waals surface area contributed by atoms with Gasteiger partial charge in [-0.3, -0.25) is 4.79 Å². The molecule has 2 unspecified atom stereocenters. The zero-order valence-electron chi connectivity index (χ0n) is 25.0. The summed E-state index contributed by atoms with van der Waals surface area (Å²) in [6.07, 6.45) is 0.981. The van der Waals surface area contributed by atoms with Crippen LogP contribution in [0.3, 0.4) is 0 Å². The number of esters is 2. The Kier molecular flexibility index (Phi) is 10.8. The number of carbonyl (C=O) groups excluding carboxylic acids is 3. The number of ether oxygens (including phenoxy) is 7. The second kappa shape index (κ2) is 14.3. The van der Waals surface area contributed by atoms with Gasteiger partial charge in [0, 0.05) is 30.4 Å². The maximum absolute atomic E-state index is 13.0. The summed E-state index contributed by atoms with van der Waals surface area (Å²) >= 11 is 0. The molecule has 0 fully saturated rings. The van der Waals surface area contributed by atoms with Gasteiger partial charge in [-0.2, -0.15) is 0 Å². The smallest absolute Gasteiger partial charge is 0.550 e. The average molecular weight is 615 g/mol. The van der Waals surface area contributed by atoms with Crippen LogP contribution in [0.4, 0.5) is 0 Å². The number of hydrogen-bond donors (Lipinski definition) is 0. The third kappa shape index (κ3) is 6.51. The minimum atomic E-state index is -1.31. The zero-order chi connectivity index (χ0) is 30.6. The van der Waals surface area contributed by atoms with Crippen LogP contribution in [-0.2, 0) is 35.7 Å². The first kappa shape index (κ1) is 33.1. The molecule has 0 N–H and O–H groups in total. The molecule has 11 nitrogen and oxygen atoms in total. The summed E-state index contributed by atoms with van der Waals surface area (Å²) in [5.41, 5.74) is 1.31. The molecule has 44 heavy (non-hydrogen) atoms. The molecule has 0 aromatic heterocycles. The molecule has 3 aromatic carbocycles. The number of fused-ring (bicyclic) bond motifs is 2. The van der Waals surface area contributed by atoms with Crippen molar-refractivity contribution in [3.63, 3.8) is 0 Å². The molecule has 3 aromatic rings. The Morgan fingerprint density at radius 1 is 0.955 bits per heavy atom. The molecule has 0 saturated carbocycles. The normalized spacial score (nSPS) is 17.7. The van der Waals surface area contributed by atoms with Crippen LogP contribution >= 0.6 is 0 Å². The summed E-state index contributed by atoms with van der Waals surface area (Å²) in [7, 11) is 1.49. The van der Waals surface area contributed by atoms with E-state index < -0.39 is 42.6 Å². The Morgan fingerprint density at radius 3 is 2.43 bits per heavy atom. The Hall–Kier alpha value is -3.77. The summed E-state index contributed by atoms with van der Waals surface area (Å²) in [6, 6.07) is 16.0. The van der Waals surface area contributed by atoms with Gasteiger partial charge in [0.15, 0.2) is 18.3 Å². The van der Waals surface area contributed by atoms with Gasteiger partial charge in [-0.25, -0.2) is 4.79 Å². The first-order valence-corrected chi connectivity index (χ1v) is 13.7. The summed E-state index contributed by atoms with van der Waals surface area (Å²) < 4.78 is 38.3. The molecule has 2 atom stereocenters. The molecule has 1 aliphatic heterocycles. The molecule has 0 bridgehead atoms. The van der Waals surface area contributed by atoms with Gasteiger partial charge < -0.3 is 43.1 Å². The number of methoxy groups -OCH3 is 1. The number of carbonyl (C=O) groups is 3. The first-order chi connectivity index (χ1) is 20.8. The number of aliphatic carboxylic acids is 1. The van der Waals surface area contributed by atoms with Gasteiger partial charge >= 0.3 is 41.5 Å². The Labute approximate surface area is 276 Å². The van der Waals surface area contributed by atoms with Crippen LogP contribution in [-0.4, -0.2) is 51.8 Å². The van der Waals surface area contributed by atoms with Crippen LogP contribution in [0.15, 0.2) is 54.6 Å². The number of carboxylic acid groups (broad SMARTS) is 1. The number of rotatable bonds is 12. The van der Waals surface area contributed by atoms with Crippen LogP contribution in [0.1, 0.15) is 42.5 Å². The fraction of sp³-hybridized carbons (Fsp3) is 0.344. The van der Waals surface area contributed by atoms with Gasteiger partial charge in [0.1, 0.15) is 23.9 Å². The van der Waals surface area contributed by atoms with Crippen molar-refractivity contribution in [2.75, 3.05) is 33.9 Å². The molecule has 2 aliphatic rings. The third-order valence-corrected chi connectivity index (χ3v) is 7.42. The monoisotopic (exact) mass is 614 g/mol. The second-order valence-electron chi connectivity index (χ2n) is 10.1. The SMILES string of the molecule is CCCOc1ccc2c(c1)CC(C(=O)[O-])C2(c1ccc2c(c1)OCO2)c1ccc(OC)cc1OCOCC(=O)OC(C)=O.[Na+]. The molecule has 0 radical (unpaired) electrons. The Balaban J connectivity index is 0.00000442. The number of carboxylic acids is 1. The van der Waals surface area contributed by atoms with Crippen molar-refractivity contribution in [2.24, 2.45) is 5.92 Å². The van der Waals surface area contributed by atoms with E-state index in [1.54, 1.807) is 30.3 Å². The minimum Gasteiger partial charge on any atom is -0.550 e. The van der Waals surface area contributed by atoms with Crippen molar-refractivity contribution in [3.05, 3.63) is 76.9 Å². The molecule has 0 amide bonds. The topological polar surface area (TPSA) is 139 Å². The Morgan fingerprint density at radius 2 is 1.70 bits per heavy atom. The zero-order valence-corrected chi connectivity index (χ0v) is 27.0. The second-order valence-corrected chi connectivity index (χ2v) is 10.1. The molecule has 0 spiro atoms. The average Bonchev–Trinajstić information content (AvgIpc) is 3.60. The van der Waals surface area contributed by atoms with Gasteiger partial charge in [0.25, 0.3) is 0 Å². The van der Waals surface area contributed by atoms with Crippen LogP contribution in [0.25, 0.3) is 0 Å².